The van der Waals surface area contributed by atoms with E-state index in [-0.39, 0.29) is 0 Å². The zero-order valence-corrected chi connectivity index (χ0v) is 15.4. The minimum absolute atomic E-state index is 0.655. The SMILES string of the molecule is CCC(CC[N](CC)[Al]([N](C)CC)[N](C)CC)NC. The number of rotatable bonds is 11. The number of hydrogen-bond donors (Lipinski definition) is 1. The summed E-state index contributed by atoms with van der Waals surface area (Å²) < 4.78 is 7.84. The van der Waals surface area contributed by atoms with Crippen molar-refractivity contribution in [2.75, 3.05) is 47.3 Å². The molecule has 0 bridgehead atoms. The Morgan fingerprint density at radius 3 is 1.79 bits per heavy atom. The largest absolute Gasteiger partial charge is 0.608 e. The summed E-state index contributed by atoms with van der Waals surface area (Å²) in [5.41, 5.74) is 0. The molecular weight excluding hydrogens is 251 g/mol. The molecule has 0 saturated heterocycles. The van der Waals surface area contributed by atoms with Gasteiger partial charge >= 0.3 is 14.8 Å². The zero-order valence-electron chi connectivity index (χ0n) is 14.2. The summed E-state index contributed by atoms with van der Waals surface area (Å²) in [4.78, 5) is 0. The van der Waals surface area contributed by atoms with Gasteiger partial charge in [0.25, 0.3) is 0 Å². The zero-order chi connectivity index (χ0) is 14.8. The molecular formula is C14H35AlN4. The monoisotopic (exact) mass is 286 g/mol. The molecule has 1 unspecified atom stereocenters. The summed E-state index contributed by atoms with van der Waals surface area (Å²) in [6.45, 7) is 13.7. The summed E-state index contributed by atoms with van der Waals surface area (Å²) in [7, 11) is 6.64. The lowest BCUT2D eigenvalue weighted by Crippen LogP contribution is -2.61. The molecule has 0 aliphatic carbocycles. The second kappa shape index (κ2) is 11.1. The second-order valence-corrected chi connectivity index (χ2v) is 8.49. The van der Waals surface area contributed by atoms with Gasteiger partial charge in [-0.15, -0.1) is 0 Å². The first kappa shape index (κ1) is 19.4. The van der Waals surface area contributed by atoms with Crippen LogP contribution in [-0.4, -0.2) is 79.8 Å². The molecule has 0 aliphatic heterocycles. The summed E-state index contributed by atoms with van der Waals surface area (Å²) in [6, 6.07) is 0.655. The van der Waals surface area contributed by atoms with E-state index in [1.165, 1.54) is 19.4 Å². The van der Waals surface area contributed by atoms with Gasteiger partial charge in [0.2, 0.25) is 0 Å². The normalized spacial score (nSPS) is 13.6. The van der Waals surface area contributed by atoms with Gasteiger partial charge in [0.1, 0.15) is 0 Å². The molecule has 114 valence electrons. The smallest absolute Gasteiger partial charge is 0.360 e. The third-order valence-corrected chi connectivity index (χ3v) is 7.77. The highest BCUT2D eigenvalue weighted by molar-refractivity contribution is 6.49. The number of hydrogen-bond acceptors (Lipinski definition) is 4. The van der Waals surface area contributed by atoms with Crippen molar-refractivity contribution in [3.63, 3.8) is 0 Å². The van der Waals surface area contributed by atoms with Crippen LogP contribution in [0.5, 0.6) is 0 Å². The van der Waals surface area contributed by atoms with Gasteiger partial charge in [-0.3, -0.25) is 0 Å². The van der Waals surface area contributed by atoms with Crippen LogP contribution in [0.25, 0.3) is 0 Å². The molecule has 0 spiro atoms. The van der Waals surface area contributed by atoms with Gasteiger partial charge in [0.05, 0.1) is 0 Å². The van der Waals surface area contributed by atoms with Crippen molar-refractivity contribution >= 4 is 14.8 Å². The average molecular weight is 286 g/mol. The van der Waals surface area contributed by atoms with Crippen LogP contribution in [0.4, 0.5) is 0 Å². The minimum atomic E-state index is -1.15. The Labute approximate surface area is 126 Å². The van der Waals surface area contributed by atoms with Gasteiger partial charge in [-0.2, -0.15) is 0 Å². The fourth-order valence-electron chi connectivity index (χ4n) is 2.53. The van der Waals surface area contributed by atoms with Crippen molar-refractivity contribution in [1.82, 2.24) is 17.0 Å². The molecule has 0 radical (unpaired) electrons. The first-order valence-corrected chi connectivity index (χ1v) is 9.42. The summed E-state index contributed by atoms with van der Waals surface area (Å²) in [6.07, 6.45) is 2.47. The third kappa shape index (κ3) is 6.57. The Balaban J connectivity index is 4.64. The Bertz CT molecular complexity index is 202. The first-order chi connectivity index (χ1) is 9.05. The molecule has 0 aromatic carbocycles. The first-order valence-electron chi connectivity index (χ1n) is 7.87. The van der Waals surface area contributed by atoms with Crippen LogP contribution in [0.1, 0.15) is 40.5 Å². The lowest BCUT2D eigenvalue weighted by atomic mass is 10.1. The van der Waals surface area contributed by atoms with Gasteiger partial charge < -0.3 is 17.0 Å². The molecule has 1 atom stereocenters. The van der Waals surface area contributed by atoms with E-state index in [9.17, 15) is 0 Å². The Kier molecular flexibility index (Phi) is 11.3. The van der Waals surface area contributed by atoms with Crippen molar-refractivity contribution in [1.29, 1.82) is 0 Å². The molecule has 0 rings (SSSR count). The van der Waals surface area contributed by atoms with E-state index >= 15 is 0 Å². The molecule has 0 amide bonds. The Morgan fingerprint density at radius 2 is 1.47 bits per heavy atom. The van der Waals surface area contributed by atoms with Crippen LogP contribution in [0.3, 0.4) is 0 Å². The fourth-order valence-corrected chi connectivity index (χ4v) is 5.68. The topological polar surface area (TPSA) is 21.8 Å². The predicted molar refractivity (Wildman–Crippen MR) is 87.4 cm³/mol. The van der Waals surface area contributed by atoms with Crippen LogP contribution >= 0.6 is 0 Å². The van der Waals surface area contributed by atoms with Crippen LogP contribution in [0.15, 0.2) is 0 Å². The molecule has 0 aliphatic rings. The molecule has 0 aromatic heterocycles. The van der Waals surface area contributed by atoms with Crippen molar-refractivity contribution in [2.45, 2.75) is 46.6 Å². The molecule has 0 fully saturated rings. The summed E-state index contributed by atoms with van der Waals surface area (Å²) >= 11 is -1.15. The van der Waals surface area contributed by atoms with Crippen molar-refractivity contribution in [2.24, 2.45) is 0 Å². The molecule has 0 saturated carbocycles. The maximum Gasteiger partial charge on any atom is 0.608 e. The second-order valence-electron chi connectivity index (χ2n) is 5.30. The summed E-state index contributed by atoms with van der Waals surface area (Å²) in [5.74, 6) is 0. The lowest BCUT2D eigenvalue weighted by molar-refractivity contribution is 0.306. The number of nitrogens with one attached hydrogen (secondary N) is 1. The van der Waals surface area contributed by atoms with E-state index in [0.717, 1.165) is 19.6 Å². The van der Waals surface area contributed by atoms with Crippen LogP contribution in [0, 0.1) is 0 Å². The quantitative estimate of drug-likeness (QED) is 0.582. The van der Waals surface area contributed by atoms with Crippen LogP contribution < -0.4 is 5.32 Å². The maximum absolute atomic E-state index is 3.42. The predicted octanol–water partition coefficient (Wildman–Crippen LogP) is 1.58. The molecule has 0 heterocycles. The maximum atomic E-state index is 3.42. The third-order valence-electron chi connectivity index (χ3n) is 4.18. The molecule has 0 aromatic rings. The minimum Gasteiger partial charge on any atom is -0.360 e. The standard InChI is InChI=1S/C8H19N2.2C3H8N.Al/c1-4-8(9-3)6-7-10-5-2;2*1-3-4-2;/h8-9H,4-7H2,1-3H3;2*3H2,1-2H3;/q3*-1;+3. The fraction of sp³-hybridized carbons (Fsp3) is 1.00. The van der Waals surface area contributed by atoms with Crippen LogP contribution in [-0.2, 0) is 0 Å². The van der Waals surface area contributed by atoms with E-state index in [1.54, 1.807) is 0 Å². The van der Waals surface area contributed by atoms with Gasteiger partial charge in [-0.05, 0) is 60.2 Å². The van der Waals surface area contributed by atoms with E-state index in [1.807, 2.05) is 0 Å². The van der Waals surface area contributed by atoms with E-state index in [4.69, 9.17) is 0 Å². The highest BCUT2D eigenvalue weighted by atomic mass is 27.2. The highest BCUT2D eigenvalue weighted by Gasteiger charge is 2.36. The van der Waals surface area contributed by atoms with Crippen molar-refractivity contribution in [3.8, 4) is 0 Å². The summed E-state index contributed by atoms with van der Waals surface area (Å²) in [5, 5.41) is 3.42. The Hall–Kier alpha value is 0.372. The Morgan fingerprint density at radius 1 is 0.947 bits per heavy atom. The van der Waals surface area contributed by atoms with Gasteiger partial charge in [0, 0.05) is 6.04 Å². The van der Waals surface area contributed by atoms with E-state index in [2.05, 4.69) is 65.8 Å². The van der Waals surface area contributed by atoms with Crippen molar-refractivity contribution < 1.29 is 0 Å². The van der Waals surface area contributed by atoms with Gasteiger partial charge in [-0.25, -0.2) is 0 Å². The van der Waals surface area contributed by atoms with E-state index in [0.29, 0.717) is 6.04 Å². The number of nitrogens with zero attached hydrogens (tertiary/aromatic N) is 3. The van der Waals surface area contributed by atoms with Crippen molar-refractivity contribution in [3.05, 3.63) is 0 Å². The molecule has 5 heteroatoms. The molecule has 1 N–H and O–H groups in total. The van der Waals surface area contributed by atoms with E-state index < -0.39 is 14.8 Å². The highest BCUT2D eigenvalue weighted by Crippen LogP contribution is 2.07. The van der Waals surface area contributed by atoms with Gasteiger partial charge in [-0.1, -0.05) is 27.7 Å². The average Bonchev–Trinajstić information content (AvgIpc) is 2.45. The lowest BCUT2D eigenvalue weighted by Gasteiger charge is -2.37. The van der Waals surface area contributed by atoms with Crippen LogP contribution in [0.2, 0.25) is 0 Å². The molecule has 19 heavy (non-hydrogen) atoms. The van der Waals surface area contributed by atoms with Gasteiger partial charge in [0.15, 0.2) is 0 Å². The molecule has 4 nitrogen and oxygen atoms in total.